The van der Waals surface area contributed by atoms with Crippen LogP contribution in [0.5, 0.6) is 0 Å². The van der Waals surface area contributed by atoms with Crippen molar-refractivity contribution in [2.75, 3.05) is 13.1 Å². The molecule has 0 aromatic carbocycles. The smallest absolute Gasteiger partial charge is 0.0678 e. The maximum Gasteiger partial charge on any atom is 0.0678 e. The molecule has 1 N–H and O–H groups in total. The summed E-state index contributed by atoms with van der Waals surface area (Å²) in [6.45, 7) is 3.80. The molecular weight excluding hydrogens is 198 g/mol. The van der Waals surface area contributed by atoms with E-state index in [2.05, 4.69) is 23.4 Å². The lowest BCUT2D eigenvalue weighted by atomic mass is 10.1. The summed E-state index contributed by atoms with van der Waals surface area (Å²) < 4.78 is 1.90. The topological polar surface area (TPSA) is 29.9 Å². The predicted molar refractivity (Wildman–Crippen MR) is 58.4 cm³/mol. The van der Waals surface area contributed by atoms with Gasteiger partial charge in [-0.25, -0.2) is 0 Å². The van der Waals surface area contributed by atoms with E-state index in [1.54, 1.807) is 0 Å². The van der Waals surface area contributed by atoms with Crippen LogP contribution in [0.1, 0.15) is 11.3 Å². The van der Waals surface area contributed by atoms with Gasteiger partial charge in [0.25, 0.3) is 0 Å². The third-order valence-corrected chi connectivity index (χ3v) is 2.74. The van der Waals surface area contributed by atoms with Crippen LogP contribution in [0, 0.1) is 6.92 Å². The quantitative estimate of drug-likeness (QED) is 0.711. The molecule has 1 unspecified atom stereocenters. The summed E-state index contributed by atoms with van der Waals surface area (Å²) >= 11 is 6.06. The number of alkyl halides is 1. The van der Waals surface area contributed by atoms with Crippen molar-refractivity contribution in [3.8, 4) is 0 Å². The van der Waals surface area contributed by atoms with Crippen LogP contribution < -0.4 is 5.32 Å². The third kappa shape index (κ3) is 1.70. The van der Waals surface area contributed by atoms with Crippen LogP contribution in [-0.4, -0.2) is 28.2 Å². The van der Waals surface area contributed by atoms with Gasteiger partial charge in [-0.05, 0) is 18.1 Å². The van der Waals surface area contributed by atoms with E-state index >= 15 is 0 Å². The minimum atomic E-state index is 0.0908. The number of nitrogens with zero attached hydrogens (tertiary/aromatic N) is 2. The summed E-state index contributed by atoms with van der Waals surface area (Å²) in [4.78, 5) is 0. The largest absolute Gasteiger partial charge is 0.311 e. The Morgan fingerprint density at radius 2 is 2.43 bits per heavy atom. The monoisotopic (exact) mass is 211 g/mol. The first kappa shape index (κ1) is 9.74. The van der Waals surface area contributed by atoms with Crippen LogP contribution in [0.4, 0.5) is 0 Å². The van der Waals surface area contributed by atoms with Crippen molar-refractivity contribution in [2.45, 2.75) is 12.3 Å². The van der Waals surface area contributed by atoms with E-state index in [4.69, 9.17) is 11.6 Å². The highest BCUT2D eigenvalue weighted by atomic mass is 35.5. The van der Waals surface area contributed by atoms with Crippen molar-refractivity contribution in [1.82, 2.24) is 15.1 Å². The van der Waals surface area contributed by atoms with Gasteiger partial charge in [0.15, 0.2) is 0 Å². The van der Waals surface area contributed by atoms with Crippen molar-refractivity contribution >= 4 is 17.2 Å². The Balaban J connectivity index is 2.39. The van der Waals surface area contributed by atoms with Gasteiger partial charge < -0.3 is 5.32 Å². The van der Waals surface area contributed by atoms with Gasteiger partial charge in [0, 0.05) is 20.1 Å². The highest BCUT2D eigenvalue weighted by Crippen LogP contribution is 2.21. The third-order valence-electron chi connectivity index (χ3n) is 2.46. The summed E-state index contributed by atoms with van der Waals surface area (Å²) in [5.74, 6) is 0. The molecule has 1 atom stereocenters. The fraction of sp³-hybridized carbons (Fsp3) is 0.500. The lowest BCUT2D eigenvalue weighted by molar-refractivity contribution is 0.715. The van der Waals surface area contributed by atoms with Crippen LogP contribution in [0.3, 0.4) is 0 Å². The molecule has 1 aromatic rings. The molecule has 0 radical (unpaired) electrons. The van der Waals surface area contributed by atoms with Gasteiger partial charge in [-0.2, -0.15) is 5.10 Å². The molecule has 3 nitrogen and oxygen atoms in total. The first-order valence-electron chi connectivity index (χ1n) is 4.73. The van der Waals surface area contributed by atoms with E-state index in [0.717, 1.165) is 13.1 Å². The number of nitrogens with one attached hydrogen (secondary N) is 1. The molecule has 1 aromatic heterocycles. The first-order valence-corrected chi connectivity index (χ1v) is 5.16. The fourth-order valence-corrected chi connectivity index (χ4v) is 2.11. The standard InChI is InChI=1S/C10H14ClN3/c1-7-4-13-14(2)10(7)8-3-9(11)6-12-5-8/h3-4,9,12H,5-6H2,1-2H3. The maximum atomic E-state index is 6.06. The molecule has 4 heteroatoms. The van der Waals surface area contributed by atoms with Gasteiger partial charge in [-0.1, -0.05) is 6.08 Å². The molecule has 1 aliphatic heterocycles. The van der Waals surface area contributed by atoms with E-state index in [-0.39, 0.29) is 5.38 Å². The molecule has 2 heterocycles. The van der Waals surface area contributed by atoms with Crippen LogP contribution >= 0.6 is 11.6 Å². The van der Waals surface area contributed by atoms with Gasteiger partial charge in [0.2, 0.25) is 0 Å². The minimum absolute atomic E-state index is 0.0908. The second-order valence-electron chi connectivity index (χ2n) is 3.64. The van der Waals surface area contributed by atoms with Crippen molar-refractivity contribution in [1.29, 1.82) is 0 Å². The lowest BCUT2D eigenvalue weighted by Crippen LogP contribution is -2.29. The van der Waals surface area contributed by atoms with Crippen molar-refractivity contribution in [2.24, 2.45) is 7.05 Å². The van der Waals surface area contributed by atoms with E-state index in [1.165, 1.54) is 16.8 Å². The van der Waals surface area contributed by atoms with Crippen LogP contribution in [0.25, 0.3) is 5.57 Å². The van der Waals surface area contributed by atoms with Crippen LogP contribution in [0.15, 0.2) is 12.3 Å². The Hall–Kier alpha value is -0.800. The van der Waals surface area contributed by atoms with Gasteiger partial charge >= 0.3 is 0 Å². The highest BCUT2D eigenvalue weighted by Gasteiger charge is 2.15. The average molecular weight is 212 g/mol. The Kier molecular flexibility index (Phi) is 2.61. The summed E-state index contributed by atoms with van der Waals surface area (Å²) in [7, 11) is 1.96. The van der Waals surface area contributed by atoms with E-state index in [0.29, 0.717) is 0 Å². The molecule has 0 saturated heterocycles. The molecule has 0 fully saturated rings. The summed E-state index contributed by atoms with van der Waals surface area (Å²) in [6.07, 6.45) is 4.00. The molecule has 14 heavy (non-hydrogen) atoms. The number of hydrogen-bond donors (Lipinski definition) is 1. The molecule has 0 bridgehead atoms. The zero-order valence-corrected chi connectivity index (χ0v) is 9.17. The lowest BCUT2D eigenvalue weighted by Gasteiger charge is -2.18. The Bertz CT molecular complexity index is 348. The average Bonchev–Trinajstić information content (AvgIpc) is 2.46. The second-order valence-corrected chi connectivity index (χ2v) is 4.20. The number of halogens is 1. The Morgan fingerprint density at radius 3 is 3.00 bits per heavy atom. The van der Waals surface area contributed by atoms with Crippen LogP contribution in [-0.2, 0) is 7.05 Å². The van der Waals surface area contributed by atoms with Gasteiger partial charge in [-0.15, -0.1) is 11.6 Å². The van der Waals surface area contributed by atoms with E-state index < -0.39 is 0 Å². The molecule has 0 spiro atoms. The van der Waals surface area contributed by atoms with Crippen LogP contribution in [0.2, 0.25) is 0 Å². The molecule has 76 valence electrons. The van der Waals surface area contributed by atoms with Gasteiger partial charge in [-0.3, -0.25) is 4.68 Å². The zero-order chi connectivity index (χ0) is 10.1. The summed E-state index contributed by atoms with van der Waals surface area (Å²) in [5.41, 5.74) is 3.63. The number of aryl methyl sites for hydroxylation is 2. The highest BCUT2D eigenvalue weighted by molar-refractivity contribution is 6.22. The normalized spacial score (nSPS) is 22.2. The second kappa shape index (κ2) is 3.75. The Morgan fingerprint density at radius 1 is 1.64 bits per heavy atom. The molecular formula is C10H14ClN3. The maximum absolute atomic E-state index is 6.06. The minimum Gasteiger partial charge on any atom is -0.311 e. The fourth-order valence-electron chi connectivity index (χ4n) is 1.85. The van der Waals surface area contributed by atoms with Crippen molar-refractivity contribution in [3.63, 3.8) is 0 Å². The van der Waals surface area contributed by atoms with E-state index in [9.17, 15) is 0 Å². The first-order chi connectivity index (χ1) is 6.68. The number of rotatable bonds is 1. The molecule has 0 amide bonds. The molecule has 0 saturated carbocycles. The molecule has 2 rings (SSSR count). The molecule has 1 aliphatic rings. The predicted octanol–water partition coefficient (Wildman–Crippen LogP) is 1.32. The summed E-state index contributed by atoms with van der Waals surface area (Å²) in [5, 5.41) is 7.60. The van der Waals surface area contributed by atoms with Gasteiger partial charge in [0.1, 0.15) is 0 Å². The van der Waals surface area contributed by atoms with Crippen molar-refractivity contribution < 1.29 is 0 Å². The summed E-state index contributed by atoms with van der Waals surface area (Å²) in [6, 6.07) is 0. The Labute approximate surface area is 88.8 Å². The van der Waals surface area contributed by atoms with Gasteiger partial charge in [0.05, 0.1) is 17.3 Å². The van der Waals surface area contributed by atoms with E-state index in [1.807, 2.05) is 17.9 Å². The number of aromatic nitrogens is 2. The van der Waals surface area contributed by atoms with Crippen molar-refractivity contribution in [3.05, 3.63) is 23.5 Å². The SMILES string of the molecule is Cc1cnn(C)c1C1=CC(Cl)CNC1. The molecule has 0 aliphatic carbocycles. The zero-order valence-electron chi connectivity index (χ0n) is 8.42. The number of hydrogen-bond acceptors (Lipinski definition) is 2.